The van der Waals surface area contributed by atoms with E-state index < -0.39 is 0 Å². The molecule has 0 spiro atoms. The third-order valence-electron chi connectivity index (χ3n) is 2.93. The molecule has 0 atom stereocenters. The predicted octanol–water partition coefficient (Wildman–Crippen LogP) is 2.68. The molecule has 1 heterocycles. The molecule has 1 aromatic heterocycles. The van der Waals surface area contributed by atoms with Crippen molar-refractivity contribution in [2.45, 2.75) is 26.7 Å². The van der Waals surface area contributed by atoms with Crippen molar-refractivity contribution in [2.24, 2.45) is 0 Å². The maximum Gasteiger partial charge on any atom is 0.130 e. The topological polar surface area (TPSA) is 31.4 Å². The normalized spacial score (nSPS) is 10.8. The quantitative estimate of drug-likeness (QED) is 0.743. The molecule has 1 rings (SSSR count). The van der Waals surface area contributed by atoms with Crippen molar-refractivity contribution in [3.8, 4) is 0 Å². The summed E-state index contributed by atoms with van der Waals surface area (Å²) in [7, 11) is 4.22. The van der Waals surface area contributed by atoms with Crippen LogP contribution in [0.25, 0.3) is 0 Å². The molecule has 0 saturated heterocycles. The highest BCUT2D eigenvalue weighted by Gasteiger charge is 2.08. The summed E-state index contributed by atoms with van der Waals surface area (Å²) in [4.78, 5) is 9.27. The van der Waals surface area contributed by atoms with Crippen LogP contribution in [0.4, 0.5) is 11.6 Å². The van der Waals surface area contributed by atoms with Gasteiger partial charge in [0.05, 0.1) is 0 Å². The van der Waals surface area contributed by atoms with Crippen LogP contribution in [0.3, 0.4) is 0 Å². The zero-order chi connectivity index (χ0) is 14.1. The molecule has 0 bridgehead atoms. The summed E-state index contributed by atoms with van der Waals surface area (Å²) in [6, 6.07) is 6.22. The van der Waals surface area contributed by atoms with E-state index >= 15 is 0 Å². The molecule has 4 nitrogen and oxygen atoms in total. The van der Waals surface area contributed by atoms with Crippen LogP contribution in [0.15, 0.2) is 18.2 Å². The van der Waals surface area contributed by atoms with Crippen molar-refractivity contribution < 1.29 is 0 Å². The van der Waals surface area contributed by atoms with Gasteiger partial charge in [-0.15, -0.1) is 0 Å². The highest BCUT2D eigenvalue weighted by Crippen LogP contribution is 2.14. The van der Waals surface area contributed by atoms with E-state index in [1.54, 1.807) is 0 Å². The van der Waals surface area contributed by atoms with Crippen LogP contribution in [0.2, 0.25) is 0 Å². The second-order valence-electron chi connectivity index (χ2n) is 5.10. The lowest BCUT2D eigenvalue weighted by Gasteiger charge is -2.25. The van der Waals surface area contributed by atoms with Gasteiger partial charge in [0.15, 0.2) is 0 Å². The first-order valence-corrected chi connectivity index (χ1v) is 7.28. The summed E-state index contributed by atoms with van der Waals surface area (Å²) < 4.78 is 0. The van der Waals surface area contributed by atoms with Crippen LogP contribution in [-0.2, 0) is 0 Å². The summed E-state index contributed by atoms with van der Waals surface area (Å²) in [5, 5.41) is 3.35. The van der Waals surface area contributed by atoms with Crippen molar-refractivity contribution in [1.29, 1.82) is 0 Å². The fourth-order valence-electron chi connectivity index (χ4n) is 1.88. The van der Waals surface area contributed by atoms with Crippen molar-refractivity contribution >= 4 is 11.6 Å². The first kappa shape index (κ1) is 15.8. The van der Waals surface area contributed by atoms with Crippen LogP contribution in [0.5, 0.6) is 0 Å². The van der Waals surface area contributed by atoms with Gasteiger partial charge in [-0.1, -0.05) is 19.9 Å². The number of nitrogens with zero attached hydrogens (tertiary/aromatic N) is 3. The average molecular weight is 264 g/mol. The van der Waals surface area contributed by atoms with E-state index in [-0.39, 0.29) is 0 Å². The number of pyridine rings is 1. The van der Waals surface area contributed by atoms with Crippen LogP contribution in [-0.4, -0.2) is 50.2 Å². The molecule has 0 aliphatic rings. The van der Waals surface area contributed by atoms with Crippen molar-refractivity contribution in [1.82, 2.24) is 9.88 Å². The second-order valence-corrected chi connectivity index (χ2v) is 5.10. The Morgan fingerprint density at radius 3 is 2.47 bits per heavy atom. The lowest BCUT2D eigenvalue weighted by molar-refractivity contribution is 0.412. The van der Waals surface area contributed by atoms with Crippen LogP contribution in [0.1, 0.15) is 26.7 Å². The molecule has 0 amide bonds. The molecule has 0 radical (unpaired) electrons. The van der Waals surface area contributed by atoms with Crippen molar-refractivity contribution in [3.05, 3.63) is 18.2 Å². The first-order chi connectivity index (χ1) is 9.17. The lowest BCUT2D eigenvalue weighted by atomic mass is 10.3. The Morgan fingerprint density at radius 2 is 1.84 bits per heavy atom. The zero-order valence-electron chi connectivity index (χ0n) is 12.8. The maximum absolute atomic E-state index is 4.70. The fourth-order valence-corrected chi connectivity index (χ4v) is 1.88. The fraction of sp³-hybridized carbons (Fsp3) is 0.667. The Balaban J connectivity index is 2.71. The van der Waals surface area contributed by atoms with Crippen molar-refractivity contribution in [2.75, 3.05) is 50.5 Å². The Morgan fingerprint density at radius 1 is 1.05 bits per heavy atom. The minimum Gasteiger partial charge on any atom is -0.370 e. The molecule has 0 aliphatic carbocycles. The van der Waals surface area contributed by atoms with E-state index in [0.29, 0.717) is 0 Å². The number of hydrogen-bond acceptors (Lipinski definition) is 4. The van der Waals surface area contributed by atoms with Crippen LogP contribution >= 0.6 is 0 Å². The van der Waals surface area contributed by atoms with E-state index in [1.165, 1.54) is 0 Å². The summed E-state index contributed by atoms with van der Waals surface area (Å²) in [6.45, 7) is 8.47. The molecular weight excluding hydrogens is 236 g/mol. The molecule has 1 N–H and O–H groups in total. The van der Waals surface area contributed by atoms with Gasteiger partial charge >= 0.3 is 0 Å². The average Bonchev–Trinajstić information content (AvgIpc) is 2.41. The molecule has 4 heteroatoms. The lowest BCUT2D eigenvalue weighted by Crippen LogP contribution is -2.33. The van der Waals surface area contributed by atoms with E-state index in [1.807, 2.05) is 6.07 Å². The third-order valence-corrected chi connectivity index (χ3v) is 2.93. The van der Waals surface area contributed by atoms with Crippen LogP contribution < -0.4 is 10.2 Å². The number of nitrogens with one attached hydrogen (secondary N) is 1. The monoisotopic (exact) mass is 264 g/mol. The summed E-state index contributed by atoms with van der Waals surface area (Å²) >= 11 is 0. The van der Waals surface area contributed by atoms with Gasteiger partial charge in [0.2, 0.25) is 0 Å². The number of likely N-dealkylation sites (N-methyl/N-ethyl adjacent to an activating group) is 1. The van der Waals surface area contributed by atoms with Gasteiger partial charge in [-0.05, 0) is 39.1 Å². The van der Waals surface area contributed by atoms with Gasteiger partial charge < -0.3 is 15.1 Å². The van der Waals surface area contributed by atoms with Gasteiger partial charge in [-0.3, -0.25) is 0 Å². The van der Waals surface area contributed by atoms with Gasteiger partial charge in [0.1, 0.15) is 11.6 Å². The van der Waals surface area contributed by atoms with E-state index in [0.717, 1.165) is 50.7 Å². The largest absolute Gasteiger partial charge is 0.370 e. The van der Waals surface area contributed by atoms with Gasteiger partial charge in [0.25, 0.3) is 0 Å². The predicted molar refractivity (Wildman–Crippen MR) is 84.1 cm³/mol. The van der Waals surface area contributed by atoms with Gasteiger partial charge in [-0.25, -0.2) is 4.98 Å². The number of rotatable bonds is 9. The van der Waals surface area contributed by atoms with E-state index in [9.17, 15) is 0 Å². The second kappa shape index (κ2) is 8.75. The first-order valence-electron chi connectivity index (χ1n) is 7.28. The van der Waals surface area contributed by atoms with Crippen LogP contribution in [0, 0.1) is 0 Å². The molecule has 19 heavy (non-hydrogen) atoms. The maximum atomic E-state index is 4.70. The summed E-state index contributed by atoms with van der Waals surface area (Å²) in [6.07, 6.45) is 2.26. The third kappa shape index (κ3) is 5.92. The molecule has 0 unspecified atom stereocenters. The highest BCUT2D eigenvalue weighted by atomic mass is 15.2. The molecule has 1 aromatic rings. The van der Waals surface area contributed by atoms with E-state index in [4.69, 9.17) is 4.98 Å². The highest BCUT2D eigenvalue weighted by molar-refractivity contribution is 5.47. The molecule has 0 aromatic carbocycles. The standard InChI is InChI=1S/C15H28N4/c1-5-10-16-14-8-7-9-15(17-14)19(11-6-2)13-12-18(3)4/h7-9H,5-6,10-13H2,1-4H3,(H,16,17). The smallest absolute Gasteiger partial charge is 0.130 e. The Hall–Kier alpha value is -1.29. The number of anilines is 2. The van der Waals surface area contributed by atoms with Gasteiger partial charge in [0, 0.05) is 26.2 Å². The molecule has 108 valence electrons. The number of aromatic nitrogens is 1. The molecular formula is C15H28N4. The SMILES string of the molecule is CCCNc1cccc(N(CCC)CCN(C)C)n1. The van der Waals surface area contributed by atoms with Crippen molar-refractivity contribution in [3.63, 3.8) is 0 Å². The summed E-state index contributed by atoms with van der Waals surface area (Å²) in [5.41, 5.74) is 0. The minimum absolute atomic E-state index is 0.974. The molecule has 0 saturated carbocycles. The summed E-state index contributed by atoms with van der Waals surface area (Å²) in [5.74, 6) is 2.05. The Kier molecular flexibility index (Phi) is 7.26. The Labute approximate surface area is 117 Å². The van der Waals surface area contributed by atoms with Gasteiger partial charge in [-0.2, -0.15) is 0 Å². The number of hydrogen-bond donors (Lipinski definition) is 1. The Bertz CT molecular complexity index is 352. The molecule has 0 fully saturated rings. The minimum atomic E-state index is 0.974. The molecule has 0 aliphatic heterocycles. The zero-order valence-corrected chi connectivity index (χ0v) is 12.8. The van der Waals surface area contributed by atoms with E-state index in [2.05, 4.69) is 55.2 Å².